The first kappa shape index (κ1) is 18.0. The minimum absolute atomic E-state index is 0. The molecular weight excluding hydrogens is 284 g/mol. The van der Waals surface area contributed by atoms with E-state index in [1.165, 1.54) is 25.7 Å². The van der Waals surface area contributed by atoms with Crippen LogP contribution in [0, 0.1) is 11.8 Å². The van der Waals surface area contributed by atoms with Crippen LogP contribution in [0.3, 0.4) is 0 Å². The first-order valence-corrected chi connectivity index (χ1v) is 7.75. The number of benzene rings is 1. The second-order valence-corrected chi connectivity index (χ2v) is 6.11. The van der Waals surface area contributed by atoms with Gasteiger partial charge in [0.25, 0.3) is 0 Å². The first-order valence-electron chi connectivity index (χ1n) is 7.75. The van der Waals surface area contributed by atoms with Crippen LogP contribution < -0.4 is 11.1 Å². The topological polar surface area (TPSA) is 55.1 Å². The van der Waals surface area contributed by atoms with Gasteiger partial charge in [-0.2, -0.15) is 0 Å². The number of nitrogens with one attached hydrogen (secondary N) is 1. The highest BCUT2D eigenvalue weighted by atomic mass is 35.5. The largest absolute Gasteiger partial charge is 0.354 e. The monoisotopic (exact) mass is 310 g/mol. The van der Waals surface area contributed by atoms with E-state index in [1.54, 1.807) is 0 Å². The third kappa shape index (κ3) is 5.68. The molecule has 0 aromatic heterocycles. The van der Waals surface area contributed by atoms with Crippen molar-refractivity contribution in [3.63, 3.8) is 0 Å². The predicted molar refractivity (Wildman–Crippen MR) is 89.4 cm³/mol. The lowest BCUT2D eigenvalue weighted by Gasteiger charge is -2.26. The van der Waals surface area contributed by atoms with Crippen LogP contribution in [-0.4, -0.2) is 12.5 Å². The Kier molecular flexibility index (Phi) is 7.76. The number of carbonyl (C=O) groups is 1. The average Bonchev–Trinajstić information content (AvgIpc) is 2.47. The summed E-state index contributed by atoms with van der Waals surface area (Å²) in [5.74, 6) is 1.54. The molecule has 4 heteroatoms. The Balaban J connectivity index is 0.00000220. The van der Waals surface area contributed by atoms with Gasteiger partial charge in [0.05, 0.1) is 0 Å². The van der Waals surface area contributed by atoms with Crippen molar-refractivity contribution in [3.05, 3.63) is 35.9 Å². The summed E-state index contributed by atoms with van der Waals surface area (Å²) in [5, 5.41) is 2.98. The molecule has 1 fully saturated rings. The summed E-state index contributed by atoms with van der Waals surface area (Å²) < 4.78 is 0. The SMILES string of the molecule is CC1CCCC(CCNC(=O)C(N)c2ccccc2)C1.Cl. The van der Waals surface area contributed by atoms with Crippen LogP contribution in [0.5, 0.6) is 0 Å². The highest BCUT2D eigenvalue weighted by Crippen LogP contribution is 2.30. The summed E-state index contributed by atoms with van der Waals surface area (Å²) >= 11 is 0. The van der Waals surface area contributed by atoms with E-state index < -0.39 is 6.04 Å². The van der Waals surface area contributed by atoms with E-state index in [-0.39, 0.29) is 18.3 Å². The van der Waals surface area contributed by atoms with E-state index in [9.17, 15) is 4.79 Å². The van der Waals surface area contributed by atoms with Gasteiger partial charge >= 0.3 is 0 Å². The molecule has 1 aromatic rings. The van der Waals surface area contributed by atoms with E-state index in [2.05, 4.69) is 12.2 Å². The van der Waals surface area contributed by atoms with Crippen LogP contribution in [0.25, 0.3) is 0 Å². The standard InChI is InChI=1S/C17H26N2O.ClH/c1-13-6-5-7-14(12-13)10-11-19-17(20)16(18)15-8-3-2-4-9-15;/h2-4,8-9,13-14,16H,5-7,10-12,18H2,1H3,(H,19,20);1H. The Morgan fingerprint density at radius 3 is 2.71 bits per heavy atom. The van der Waals surface area contributed by atoms with Gasteiger partial charge in [0, 0.05) is 6.54 Å². The maximum atomic E-state index is 12.0. The van der Waals surface area contributed by atoms with Crippen LogP contribution in [0.4, 0.5) is 0 Å². The van der Waals surface area contributed by atoms with Crippen molar-refractivity contribution in [2.75, 3.05) is 6.54 Å². The molecule has 0 saturated heterocycles. The molecule has 0 radical (unpaired) electrons. The zero-order valence-electron chi connectivity index (χ0n) is 12.8. The highest BCUT2D eigenvalue weighted by molar-refractivity contribution is 5.85. The smallest absolute Gasteiger partial charge is 0.241 e. The van der Waals surface area contributed by atoms with Gasteiger partial charge in [0.2, 0.25) is 5.91 Å². The lowest BCUT2D eigenvalue weighted by Crippen LogP contribution is -2.35. The lowest BCUT2D eigenvalue weighted by atomic mass is 9.81. The van der Waals surface area contributed by atoms with Gasteiger partial charge in [-0.25, -0.2) is 0 Å². The summed E-state index contributed by atoms with van der Waals surface area (Å²) in [6.07, 6.45) is 6.40. The normalized spacial score (nSPS) is 23.0. The summed E-state index contributed by atoms with van der Waals surface area (Å²) in [6, 6.07) is 8.98. The van der Waals surface area contributed by atoms with Crippen molar-refractivity contribution in [2.24, 2.45) is 17.6 Å². The molecule has 0 spiro atoms. The minimum Gasteiger partial charge on any atom is -0.354 e. The third-order valence-electron chi connectivity index (χ3n) is 4.34. The Hall–Kier alpha value is -1.06. The van der Waals surface area contributed by atoms with E-state index in [4.69, 9.17) is 5.73 Å². The summed E-state index contributed by atoms with van der Waals surface area (Å²) in [6.45, 7) is 3.08. The van der Waals surface area contributed by atoms with Crippen molar-refractivity contribution < 1.29 is 4.79 Å². The second kappa shape index (κ2) is 9.06. The van der Waals surface area contributed by atoms with Gasteiger partial charge in [0.1, 0.15) is 6.04 Å². The van der Waals surface area contributed by atoms with Crippen molar-refractivity contribution in [2.45, 2.75) is 45.1 Å². The quantitative estimate of drug-likeness (QED) is 0.875. The molecule has 1 aromatic carbocycles. The number of carbonyl (C=O) groups excluding carboxylic acids is 1. The Morgan fingerprint density at radius 1 is 1.33 bits per heavy atom. The molecule has 2 rings (SSSR count). The number of nitrogens with two attached hydrogens (primary N) is 1. The van der Waals surface area contributed by atoms with Crippen LogP contribution in [0.2, 0.25) is 0 Å². The van der Waals surface area contributed by atoms with Crippen LogP contribution >= 0.6 is 12.4 Å². The molecule has 0 aliphatic heterocycles. The van der Waals surface area contributed by atoms with Gasteiger partial charge in [-0.1, -0.05) is 56.5 Å². The minimum atomic E-state index is -0.554. The van der Waals surface area contributed by atoms with E-state index in [0.717, 1.165) is 30.4 Å². The first-order chi connectivity index (χ1) is 9.66. The molecule has 1 aliphatic carbocycles. The highest BCUT2D eigenvalue weighted by Gasteiger charge is 2.19. The van der Waals surface area contributed by atoms with Gasteiger partial charge in [0.15, 0.2) is 0 Å². The van der Waals surface area contributed by atoms with Gasteiger partial charge in [-0.15, -0.1) is 12.4 Å². The zero-order chi connectivity index (χ0) is 14.4. The Bertz CT molecular complexity index is 424. The fourth-order valence-corrected chi connectivity index (χ4v) is 3.14. The molecule has 0 heterocycles. The van der Waals surface area contributed by atoms with Crippen molar-refractivity contribution in [3.8, 4) is 0 Å². The lowest BCUT2D eigenvalue weighted by molar-refractivity contribution is -0.122. The fraction of sp³-hybridized carbons (Fsp3) is 0.588. The molecule has 3 N–H and O–H groups in total. The zero-order valence-corrected chi connectivity index (χ0v) is 13.6. The maximum Gasteiger partial charge on any atom is 0.241 e. The molecule has 21 heavy (non-hydrogen) atoms. The van der Waals surface area contributed by atoms with Crippen molar-refractivity contribution in [1.29, 1.82) is 0 Å². The van der Waals surface area contributed by atoms with Crippen molar-refractivity contribution >= 4 is 18.3 Å². The summed E-state index contributed by atoms with van der Waals surface area (Å²) in [5.41, 5.74) is 6.84. The number of halogens is 1. The van der Waals surface area contributed by atoms with Gasteiger partial charge < -0.3 is 11.1 Å². The predicted octanol–water partition coefficient (Wildman–Crippen LogP) is 3.44. The van der Waals surface area contributed by atoms with E-state index in [1.807, 2.05) is 30.3 Å². The molecule has 118 valence electrons. The van der Waals surface area contributed by atoms with Crippen LogP contribution in [-0.2, 0) is 4.79 Å². The Labute approximate surface area is 134 Å². The van der Waals surface area contributed by atoms with E-state index in [0.29, 0.717) is 0 Å². The van der Waals surface area contributed by atoms with Crippen molar-refractivity contribution in [1.82, 2.24) is 5.32 Å². The summed E-state index contributed by atoms with van der Waals surface area (Å²) in [7, 11) is 0. The van der Waals surface area contributed by atoms with E-state index >= 15 is 0 Å². The van der Waals surface area contributed by atoms with Crippen LogP contribution in [0.1, 0.15) is 50.6 Å². The van der Waals surface area contributed by atoms with Gasteiger partial charge in [-0.3, -0.25) is 4.79 Å². The van der Waals surface area contributed by atoms with Crippen LogP contribution in [0.15, 0.2) is 30.3 Å². The number of rotatable bonds is 5. The molecule has 0 bridgehead atoms. The fourth-order valence-electron chi connectivity index (χ4n) is 3.14. The summed E-state index contributed by atoms with van der Waals surface area (Å²) in [4.78, 5) is 12.0. The maximum absolute atomic E-state index is 12.0. The average molecular weight is 311 g/mol. The Morgan fingerprint density at radius 2 is 2.05 bits per heavy atom. The molecule has 1 saturated carbocycles. The molecule has 3 atom stereocenters. The molecule has 1 aliphatic rings. The molecule has 3 unspecified atom stereocenters. The second-order valence-electron chi connectivity index (χ2n) is 6.11. The number of hydrogen-bond donors (Lipinski definition) is 2. The molecular formula is C17H27ClN2O. The van der Waals surface area contributed by atoms with Gasteiger partial charge in [-0.05, 0) is 30.2 Å². The molecule has 3 nitrogen and oxygen atoms in total. The number of hydrogen-bond acceptors (Lipinski definition) is 2. The molecule has 1 amide bonds. The number of amides is 1. The third-order valence-corrected chi connectivity index (χ3v) is 4.34.